The summed E-state index contributed by atoms with van der Waals surface area (Å²) < 4.78 is 2.08. The van der Waals surface area contributed by atoms with Gasteiger partial charge in [0.1, 0.15) is 6.54 Å². The fourth-order valence-corrected chi connectivity index (χ4v) is 3.35. The highest BCUT2D eigenvalue weighted by molar-refractivity contribution is 9.10. The maximum absolute atomic E-state index is 12.8. The van der Waals surface area contributed by atoms with Gasteiger partial charge in [-0.3, -0.25) is 14.6 Å². The number of hydrogen-bond acceptors (Lipinski definition) is 5. The minimum absolute atomic E-state index is 0.0980. The number of nitrogens with one attached hydrogen (secondary N) is 1. The van der Waals surface area contributed by atoms with Gasteiger partial charge in [-0.1, -0.05) is 29.8 Å². The van der Waals surface area contributed by atoms with Crippen LogP contribution in [0, 0.1) is 0 Å². The lowest BCUT2D eigenvalue weighted by molar-refractivity contribution is -0.121. The van der Waals surface area contributed by atoms with E-state index >= 15 is 0 Å². The number of nitrogens with two attached hydrogens (primary N) is 1. The molecular weight excluding hydrogens is 422 g/mol. The molecule has 28 heavy (non-hydrogen) atoms. The molecule has 0 bridgehead atoms. The van der Waals surface area contributed by atoms with Crippen LogP contribution in [0.5, 0.6) is 0 Å². The molecule has 1 aromatic heterocycles. The smallest absolute Gasteiger partial charge is 0.275 e. The van der Waals surface area contributed by atoms with Crippen LogP contribution in [-0.2, 0) is 11.3 Å². The van der Waals surface area contributed by atoms with Crippen molar-refractivity contribution in [1.29, 1.82) is 0 Å². The molecule has 0 unspecified atom stereocenters. The average Bonchev–Trinajstić information content (AvgIpc) is 2.61. The number of carbonyl (C=O) groups is 1. The van der Waals surface area contributed by atoms with Crippen molar-refractivity contribution in [3.63, 3.8) is 0 Å². The van der Waals surface area contributed by atoms with E-state index in [1.807, 2.05) is 26.0 Å². The zero-order valence-electron chi connectivity index (χ0n) is 16.0. The summed E-state index contributed by atoms with van der Waals surface area (Å²) in [6.45, 7) is 3.81. The van der Waals surface area contributed by atoms with Crippen LogP contribution in [-0.4, -0.2) is 27.9 Å². The summed E-state index contributed by atoms with van der Waals surface area (Å²) in [4.78, 5) is 29.7. The number of aliphatic imine (C=N–C) groups is 1. The lowest BCUT2D eigenvalue weighted by atomic mass is 9.94. The average molecular weight is 446 g/mol. The van der Waals surface area contributed by atoms with Gasteiger partial charge in [0.05, 0.1) is 22.8 Å². The van der Waals surface area contributed by atoms with Crippen molar-refractivity contribution >= 4 is 38.8 Å². The first-order valence-electron chi connectivity index (χ1n) is 9.34. The second-order valence-electron chi connectivity index (χ2n) is 7.23. The van der Waals surface area contributed by atoms with Crippen LogP contribution in [0.15, 0.2) is 44.4 Å². The zero-order valence-corrected chi connectivity index (χ0v) is 17.6. The molecule has 1 amide bonds. The van der Waals surface area contributed by atoms with E-state index < -0.39 is 0 Å². The van der Waals surface area contributed by atoms with Crippen LogP contribution in [0.3, 0.4) is 0 Å². The molecular formula is C20H24BrN5O2. The Morgan fingerprint density at radius 3 is 2.79 bits per heavy atom. The van der Waals surface area contributed by atoms with Gasteiger partial charge >= 0.3 is 0 Å². The van der Waals surface area contributed by atoms with E-state index in [9.17, 15) is 9.59 Å². The summed E-state index contributed by atoms with van der Waals surface area (Å²) >= 11 is 3.44. The molecule has 0 atom stereocenters. The molecule has 1 aromatic carbocycles. The van der Waals surface area contributed by atoms with Crippen LogP contribution in [0.1, 0.15) is 44.7 Å². The van der Waals surface area contributed by atoms with E-state index in [1.54, 1.807) is 12.3 Å². The molecule has 148 valence electrons. The minimum Gasteiger partial charge on any atom is -0.403 e. The molecule has 3 rings (SSSR count). The molecule has 1 aliphatic rings. The Hall–Kier alpha value is -2.48. The summed E-state index contributed by atoms with van der Waals surface area (Å²) in [6, 6.07) is 5.75. The first-order valence-corrected chi connectivity index (χ1v) is 10.1. The first-order chi connectivity index (χ1) is 13.4. The number of hydrogen-bond donors (Lipinski definition) is 2. The second kappa shape index (κ2) is 8.68. The van der Waals surface area contributed by atoms with Gasteiger partial charge in [0.25, 0.3) is 5.56 Å². The molecule has 1 saturated carbocycles. The van der Waals surface area contributed by atoms with Crippen LogP contribution in [0.2, 0.25) is 0 Å². The third-order valence-corrected chi connectivity index (χ3v) is 5.25. The lowest BCUT2D eigenvalue weighted by Gasteiger charge is -2.20. The van der Waals surface area contributed by atoms with Gasteiger partial charge in [0, 0.05) is 22.3 Å². The molecule has 7 nitrogen and oxygen atoms in total. The lowest BCUT2D eigenvalue weighted by Crippen LogP contribution is -2.34. The fourth-order valence-electron chi connectivity index (χ4n) is 2.99. The number of halogens is 1. The number of benzene rings is 1. The molecule has 0 spiro atoms. The van der Waals surface area contributed by atoms with E-state index in [2.05, 4.69) is 31.3 Å². The highest BCUT2D eigenvalue weighted by atomic mass is 79.9. The molecule has 8 heteroatoms. The predicted molar refractivity (Wildman–Crippen MR) is 114 cm³/mol. The standard InChI is InChI=1S/C20H24BrN5O2/c1-12(2)19-17-8-13(21)6-7-16(17)20(28)26(25-19)11-18(27)24-15(9-22)10-23-14-4-3-5-14/h6-10,12,14H,3-5,11,22H2,1-2H3,(H,24,27)/b15-9+,23-10?. The summed E-state index contributed by atoms with van der Waals surface area (Å²) in [6.07, 6.45) is 6.18. The molecule has 0 aliphatic heterocycles. The Bertz CT molecular complexity index is 1010. The summed E-state index contributed by atoms with van der Waals surface area (Å²) in [5.74, 6) is -0.279. The van der Waals surface area contributed by atoms with Gasteiger partial charge in [-0.05, 0) is 43.4 Å². The van der Waals surface area contributed by atoms with Crippen LogP contribution < -0.4 is 16.6 Å². The quantitative estimate of drug-likeness (QED) is 0.667. The SMILES string of the molecule is CC(C)c1nn(CC(=O)N/C(C=NC2CCC2)=C/N)c(=O)c2ccc(Br)cc12. The Balaban J connectivity index is 1.84. The Morgan fingerprint density at radius 2 is 2.18 bits per heavy atom. The topological polar surface area (TPSA) is 102 Å². The van der Waals surface area contributed by atoms with Crippen LogP contribution >= 0.6 is 15.9 Å². The van der Waals surface area contributed by atoms with E-state index in [0.717, 1.165) is 28.4 Å². The van der Waals surface area contributed by atoms with Crippen molar-refractivity contribution in [3.05, 3.63) is 50.6 Å². The molecule has 0 saturated heterocycles. The maximum atomic E-state index is 12.8. The zero-order chi connectivity index (χ0) is 20.3. The molecule has 3 N–H and O–H groups in total. The highest BCUT2D eigenvalue weighted by Crippen LogP contribution is 2.24. The van der Waals surface area contributed by atoms with E-state index in [-0.39, 0.29) is 23.9 Å². The van der Waals surface area contributed by atoms with E-state index in [1.165, 1.54) is 17.3 Å². The Morgan fingerprint density at radius 1 is 1.43 bits per heavy atom. The van der Waals surface area contributed by atoms with Gasteiger partial charge in [0.15, 0.2) is 0 Å². The van der Waals surface area contributed by atoms with Gasteiger partial charge in [0.2, 0.25) is 5.91 Å². The number of allylic oxidation sites excluding steroid dienone is 1. The third kappa shape index (κ3) is 4.49. The van der Waals surface area contributed by atoms with Gasteiger partial charge in [-0.15, -0.1) is 0 Å². The van der Waals surface area contributed by atoms with Crippen LogP contribution in [0.25, 0.3) is 10.8 Å². The normalized spacial score (nSPS) is 15.4. The first kappa shape index (κ1) is 20.3. The monoisotopic (exact) mass is 445 g/mol. The number of rotatable bonds is 6. The summed E-state index contributed by atoms with van der Waals surface area (Å²) in [5.41, 5.74) is 6.47. The number of carbonyl (C=O) groups excluding carboxylic acids is 1. The number of amides is 1. The highest BCUT2D eigenvalue weighted by Gasteiger charge is 2.17. The molecule has 0 radical (unpaired) electrons. The molecule has 1 heterocycles. The van der Waals surface area contributed by atoms with Gasteiger partial charge in [-0.2, -0.15) is 5.10 Å². The number of aromatic nitrogens is 2. The maximum Gasteiger partial charge on any atom is 0.275 e. The van der Waals surface area contributed by atoms with Crippen molar-refractivity contribution in [2.75, 3.05) is 0 Å². The number of fused-ring (bicyclic) bond motifs is 1. The fraction of sp³-hybridized carbons (Fsp3) is 0.400. The largest absolute Gasteiger partial charge is 0.403 e. The predicted octanol–water partition coefficient (Wildman–Crippen LogP) is 2.82. The van der Waals surface area contributed by atoms with Crippen LogP contribution in [0.4, 0.5) is 0 Å². The van der Waals surface area contributed by atoms with Crippen molar-refractivity contribution in [2.24, 2.45) is 10.7 Å². The third-order valence-electron chi connectivity index (χ3n) is 4.75. The molecule has 2 aromatic rings. The summed E-state index contributed by atoms with van der Waals surface area (Å²) in [5, 5.41) is 8.47. The van der Waals surface area contributed by atoms with Gasteiger partial charge in [-0.25, -0.2) is 4.68 Å². The molecule has 1 fully saturated rings. The van der Waals surface area contributed by atoms with Gasteiger partial charge < -0.3 is 11.1 Å². The van der Waals surface area contributed by atoms with Crippen molar-refractivity contribution in [1.82, 2.24) is 15.1 Å². The van der Waals surface area contributed by atoms with Crippen molar-refractivity contribution in [2.45, 2.75) is 51.6 Å². The summed E-state index contributed by atoms with van der Waals surface area (Å²) in [7, 11) is 0. The molecule has 1 aliphatic carbocycles. The minimum atomic E-state index is -0.377. The van der Waals surface area contributed by atoms with E-state index in [0.29, 0.717) is 17.1 Å². The second-order valence-corrected chi connectivity index (χ2v) is 8.14. The van der Waals surface area contributed by atoms with Crippen molar-refractivity contribution in [3.8, 4) is 0 Å². The number of nitrogens with zero attached hydrogens (tertiary/aromatic N) is 3. The Labute approximate surface area is 171 Å². The van der Waals surface area contributed by atoms with E-state index in [4.69, 9.17) is 5.73 Å². The van der Waals surface area contributed by atoms with Crippen molar-refractivity contribution < 1.29 is 4.79 Å². The Kier molecular flexibility index (Phi) is 6.28.